The quantitative estimate of drug-likeness (QED) is 0.713. The van der Waals surface area contributed by atoms with Gasteiger partial charge in [0.1, 0.15) is 0 Å². The highest BCUT2D eigenvalue weighted by molar-refractivity contribution is 5.83. The first-order valence-electron chi connectivity index (χ1n) is 7.65. The van der Waals surface area contributed by atoms with E-state index < -0.39 is 0 Å². The van der Waals surface area contributed by atoms with E-state index in [1.807, 2.05) is 44.3 Å². The molecule has 0 bridgehead atoms. The lowest BCUT2D eigenvalue weighted by molar-refractivity contribution is 0.288. The molecule has 0 atom stereocenters. The fraction of sp³-hybridized carbons (Fsp3) is 0.316. The number of aryl methyl sites for hydroxylation is 2. The molecule has 0 heterocycles. The topological polar surface area (TPSA) is 30.8 Å². The first-order valence-corrected chi connectivity index (χ1v) is 7.65. The van der Waals surface area contributed by atoms with Crippen molar-refractivity contribution in [3.05, 3.63) is 53.1 Å². The maximum absolute atomic E-state index is 5.64. The molecule has 0 unspecified atom stereocenters. The van der Waals surface area contributed by atoms with Gasteiger partial charge in [0.2, 0.25) is 0 Å². The molecule has 0 aliphatic rings. The molecular weight excluding hydrogens is 274 g/mol. The minimum absolute atomic E-state index is 0.609. The second-order valence-electron chi connectivity index (χ2n) is 5.12. The molecule has 0 saturated carbocycles. The van der Waals surface area contributed by atoms with E-state index in [9.17, 15) is 0 Å². The van der Waals surface area contributed by atoms with Crippen molar-refractivity contribution in [3.8, 4) is 11.5 Å². The number of hydrogen-bond acceptors (Lipinski definition) is 3. The molecule has 0 fully saturated rings. The van der Waals surface area contributed by atoms with Crippen LogP contribution in [0.3, 0.4) is 0 Å². The summed E-state index contributed by atoms with van der Waals surface area (Å²) in [5.41, 5.74) is 4.40. The molecule has 2 aromatic carbocycles. The van der Waals surface area contributed by atoms with Crippen LogP contribution in [0.4, 0.5) is 5.69 Å². The predicted octanol–water partition coefficient (Wildman–Crippen LogP) is 4.85. The molecule has 0 saturated heterocycles. The van der Waals surface area contributed by atoms with E-state index in [0.717, 1.165) is 22.7 Å². The Morgan fingerprint density at radius 2 is 1.64 bits per heavy atom. The monoisotopic (exact) mass is 297 g/mol. The smallest absolute Gasteiger partial charge is 0.161 e. The minimum Gasteiger partial charge on any atom is -0.490 e. The summed E-state index contributed by atoms with van der Waals surface area (Å²) in [5, 5.41) is 0. The van der Waals surface area contributed by atoms with E-state index in [-0.39, 0.29) is 0 Å². The lowest BCUT2D eigenvalue weighted by atomic mass is 10.1. The standard InChI is InChI=1S/C19H23NO2/c1-5-21-18-10-8-16(12-19(18)22-6-2)13-20-17-9-7-14(3)11-15(17)4/h7-13H,5-6H2,1-4H3. The highest BCUT2D eigenvalue weighted by Crippen LogP contribution is 2.28. The van der Waals surface area contributed by atoms with E-state index >= 15 is 0 Å². The van der Waals surface area contributed by atoms with Crippen LogP contribution in [-0.2, 0) is 0 Å². The summed E-state index contributed by atoms with van der Waals surface area (Å²) in [6.45, 7) is 9.32. The molecule has 0 aliphatic heterocycles. The van der Waals surface area contributed by atoms with Gasteiger partial charge in [-0.25, -0.2) is 0 Å². The van der Waals surface area contributed by atoms with Gasteiger partial charge in [-0.15, -0.1) is 0 Å². The summed E-state index contributed by atoms with van der Waals surface area (Å²) in [6.07, 6.45) is 1.86. The van der Waals surface area contributed by atoms with Crippen LogP contribution in [0.1, 0.15) is 30.5 Å². The Kier molecular flexibility index (Phi) is 5.59. The van der Waals surface area contributed by atoms with Gasteiger partial charge >= 0.3 is 0 Å². The van der Waals surface area contributed by atoms with Crippen LogP contribution < -0.4 is 9.47 Å². The van der Waals surface area contributed by atoms with Crippen molar-refractivity contribution in [2.24, 2.45) is 4.99 Å². The molecule has 0 aliphatic carbocycles. The first-order chi connectivity index (χ1) is 10.6. The summed E-state index contributed by atoms with van der Waals surface area (Å²) in [4.78, 5) is 4.57. The summed E-state index contributed by atoms with van der Waals surface area (Å²) >= 11 is 0. The van der Waals surface area contributed by atoms with Crippen molar-refractivity contribution < 1.29 is 9.47 Å². The molecule has 0 N–H and O–H groups in total. The second-order valence-corrected chi connectivity index (χ2v) is 5.12. The van der Waals surface area contributed by atoms with Gasteiger partial charge in [-0.3, -0.25) is 4.99 Å². The highest BCUT2D eigenvalue weighted by atomic mass is 16.5. The summed E-state index contributed by atoms with van der Waals surface area (Å²) in [5.74, 6) is 1.53. The molecule has 0 radical (unpaired) electrons. The molecule has 0 spiro atoms. The Hall–Kier alpha value is -2.29. The van der Waals surface area contributed by atoms with Crippen molar-refractivity contribution in [3.63, 3.8) is 0 Å². The van der Waals surface area contributed by atoms with E-state index in [1.165, 1.54) is 11.1 Å². The summed E-state index contributed by atoms with van der Waals surface area (Å²) < 4.78 is 11.2. The fourth-order valence-electron chi connectivity index (χ4n) is 2.24. The van der Waals surface area contributed by atoms with E-state index in [0.29, 0.717) is 13.2 Å². The van der Waals surface area contributed by atoms with Crippen LogP contribution in [0.15, 0.2) is 41.4 Å². The normalized spacial score (nSPS) is 10.9. The Morgan fingerprint density at radius 3 is 2.32 bits per heavy atom. The van der Waals surface area contributed by atoms with Gasteiger partial charge in [0.15, 0.2) is 11.5 Å². The largest absolute Gasteiger partial charge is 0.490 e. The molecule has 0 amide bonds. The number of hydrogen-bond donors (Lipinski definition) is 0. The molecule has 22 heavy (non-hydrogen) atoms. The zero-order valence-electron chi connectivity index (χ0n) is 13.7. The first kappa shape index (κ1) is 16.1. The zero-order chi connectivity index (χ0) is 15.9. The number of rotatable bonds is 6. The van der Waals surface area contributed by atoms with Crippen LogP contribution in [0.5, 0.6) is 11.5 Å². The predicted molar refractivity (Wildman–Crippen MR) is 92.0 cm³/mol. The average Bonchev–Trinajstić information content (AvgIpc) is 2.49. The molecule has 116 valence electrons. The molecule has 3 nitrogen and oxygen atoms in total. The highest BCUT2D eigenvalue weighted by Gasteiger charge is 2.05. The van der Waals surface area contributed by atoms with Crippen molar-refractivity contribution in [1.82, 2.24) is 0 Å². The number of aliphatic imine (C=N–C) groups is 1. The van der Waals surface area contributed by atoms with Gasteiger partial charge in [-0.2, -0.15) is 0 Å². The van der Waals surface area contributed by atoms with Gasteiger partial charge in [0.05, 0.1) is 18.9 Å². The Labute approximate surface area is 132 Å². The van der Waals surface area contributed by atoms with Crippen molar-refractivity contribution in [2.75, 3.05) is 13.2 Å². The Balaban J connectivity index is 2.25. The van der Waals surface area contributed by atoms with E-state index in [2.05, 4.69) is 31.0 Å². The van der Waals surface area contributed by atoms with Crippen LogP contribution in [-0.4, -0.2) is 19.4 Å². The average molecular weight is 297 g/mol. The third-order valence-corrected chi connectivity index (χ3v) is 3.27. The van der Waals surface area contributed by atoms with Crippen molar-refractivity contribution >= 4 is 11.9 Å². The molecule has 0 aromatic heterocycles. The van der Waals surface area contributed by atoms with Crippen LogP contribution in [0, 0.1) is 13.8 Å². The number of nitrogens with zero attached hydrogens (tertiary/aromatic N) is 1. The molecule has 2 aromatic rings. The maximum atomic E-state index is 5.64. The van der Waals surface area contributed by atoms with Gasteiger partial charge in [-0.05, 0) is 63.1 Å². The third-order valence-electron chi connectivity index (χ3n) is 3.27. The van der Waals surface area contributed by atoms with Gasteiger partial charge in [0, 0.05) is 6.21 Å². The molecule has 3 heteroatoms. The minimum atomic E-state index is 0.609. The third kappa shape index (κ3) is 4.10. The summed E-state index contributed by atoms with van der Waals surface area (Å²) in [7, 11) is 0. The van der Waals surface area contributed by atoms with Gasteiger partial charge < -0.3 is 9.47 Å². The Bertz CT molecular complexity index is 662. The van der Waals surface area contributed by atoms with E-state index in [1.54, 1.807) is 0 Å². The lowest BCUT2D eigenvalue weighted by Crippen LogP contribution is -1.99. The maximum Gasteiger partial charge on any atom is 0.161 e. The molecule has 2 rings (SSSR count). The van der Waals surface area contributed by atoms with Crippen LogP contribution >= 0.6 is 0 Å². The zero-order valence-corrected chi connectivity index (χ0v) is 13.7. The Morgan fingerprint density at radius 1 is 0.909 bits per heavy atom. The van der Waals surface area contributed by atoms with Gasteiger partial charge in [-0.1, -0.05) is 17.7 Å². The molecular formula is C19H23NO2. The van der Waals surface area contributed by atoms with Crippen LogP contribution in [0.25, 0.3) is 0 Å². The van der Waals surface area contributed by atoms with E-state index in [4.69, 9.17) is 9.47 Å². The SMILES string of the molecule is CCOc1ccc(C=Nc2ccc(C)cc2C)cc1OCC. The van der Waals surface area contributed by atoms with Gasteiger partial charge in [0.25, 0.3) is 0 Å². The van der Waals surface area contributed by atoms with Crippen LogP contribution in [0.2, 0.25) is 0 Å². The lowest BCUT2D eigenvalue weighted by Gasteiger charge is -2.11. The van der Waals surface area contributed by atoms with Crippen molar-refractivity contribution in [1.29, 1.82) is 0 Å². The number of ether oxygens (including phenoxy) is 2. The van der Waals surface area contributed by atoms with Crippen molar-refractivity contribution in [2.45, 2.75) is 27.7 Å². The second kappa shape index (κ2) is 7.64. The number of benzene rings is 2. The fourth-order valence-corrected chi connectivity index (χ4v) is 2.24. The summed E-state index contributed by atoms with van der Waals surface area (Å²) in [6, 6.07) is 12.1.